The molecule has 0 saturated carbocycles. The van der Waals surface area contributed by atoms with Crippen LogP contribution in [0.4, 0.5) is 0 Å². The SMILES string of the molecule is CC(C)Cc1ccc(C(C)C)nc1C(=O)O. The Balaban J connectivity index is 3.14. The first-order valence-corrected chi connectivity index (χ1v) is 5.65. The Morgan fingerprint density at radius 1 is 1.31 bits per heavy atom. The van der Waals surface area contributed by atoms with Gasteiger partial charge < -0.3 is 5.11 Å². The summed E-state index contributed by atoms with van der Waals surface area (Å²) in [7, 11) is 0. The molecule has 0 unspecified atom stereocenters. The highest BCUT2D eigenvalue weighted by Gasteiger charge is 2.14. The molecular formula is C13H19NO2. The molecule has 0 bridgehead atoms. The molecule has 1 aromatic heterocycles. The van der Waals surface area contributed by atoms with Crippen LogP contribution in [-0.2, 0) is 6.42 Å². The van der Waals surface area contributed by atoms with E-state index in [0.29, 0.717) is 5.92 Å². The highest BCUT2D eigenvalue weighted by atomic mass is 16.4. The van der Waals surface area contributed by atoms with Crippen LogP contribution in [0.3, 0.4) is 0 Å². The minimum atomic E-state index is -0.932. The van der Waals surface area contributed by atoms with Crippen molar-refractivity contribution in [2.24, 2.45) is 5.92 Å². The van der Waals surface area contributed by atoms with E-state index in [-0.39, 0.29) is 11.6 Å². The first-order chi connectivity index (χ1) is 7.41. The van der Waals surface area contributed by atoms with Gasteiger partial charge in [0, 0.05) is 5.69 Å². The summed E-state index contributed by atoms with van der Waals surface area (Å²) in [4.78, 5) is 15.3. The molecule has 0 saturated heterocycles. The molecule has 16 heavy (non-hydrogen) atoms. The summed E-state index contributed by atoms with van der Waals surface area (Å²) < 4.78 is 0. The maximum atomic E-state index is 11.1. The number of carboxylic acids is 1. The van der Waals surface area contributed by atoms with Gasteiger partial charge in [-0.3, -0.25) is 0 Å². The Bertz CT molecular complexity index is 384. The number of rotatable bonds is 4. The zero-order valence-corrected chi connectivity index (χ0v) is 10.3. The molecule has 3 heteroatoms. The molecule has 88 valence electrons. The summed E-state index contributed by atoms with van der Waals surface area (Å²) in [6.45, 7) is 8.16. The van der Waals surface area contributed by atoms with Gasteiger partial charge in [0.25, 0.3) is 0 Å². The van der Waals surface area contributed by atoms with Gasteiger partial charge in [0.15, 0.2) is 5.69 Å². The molecule has 0 aromatic carbocycles. The molecule has 0 aliphatic carbocycles. The van der Waals surface area contributed by atoms with Crippen molar-refractivity contribution in [3.05, 3.63) is 29.1 Å². The summed E-state index contributed by atoms with van der Waals surface area (Å²) in [6.07, 6.45) is 0.757. The fourth-order valence-electron chi connectivity index (χ4n) is 1.61. The zero-order valence-electron chi connectivity index (χ0n) is 10.3. The fraction of sp³-hybridized carbons (Fsp3) is 0.538. The van der Waals surface area contributed by atoms with Gasteiger partial charge in [-0.25, -0.2) is 9.78 Å². The van der Waals surface area contributed by atoms with E-state index in [4.69, 9.17) is 5.11 Å². The molecule has 0 aliphatic heterocycles. The Kier molecular flexibility index (Phi) is 4.05. The van der Waals surface area contributed by atoms with Gasteiger partial charge in [-0.1, -0.05) is 33.8 Å². The number of aromatic nitrogens is 1. The number of carboxylic acid groups (broad SMARTS) is 1. The van der Waals surface area contributed by atoms with Crippen LogP contribution >= 0.6 is 0 Å². The van der Waals surface area contributed by atoms with E-state index in [1.54, 1.807) is 0 Å². The van der Waals surface area contributed by atoms with Crippen molar-refractivity contribution in [1.29, 1.82) is 0 Å². The Hall–Kier alpha value is -1.38. The van der Waals surface area contributed by atoms with Gasteiger partial charge in [0.05, 0.1) is 0 Å². The molecule has 3 nitrogen and oxygen atoms in total. The average Bonchev–Trinajstić information content (AvgIpc) is 2.16. The monoisotopic (exact) mass is 221 g/mol. The normalized spacial score (nSPS) is 11.1. The molecule has 0 spiro atoms. The first-order valence-electron chi connectivity index (χ1n) is 5.65. The minimum absolute atomic E-state index is 0.208. The van der Waals surface area contributed by atoms with Gasteiger partial charge in [-0.2, -0.15) is 0 Å². The van der Waals surface area contributed by atoms with Gasteiger partial charge in [0.1, 0.15) is 0 Å². The quantitative estimate of drug-likeness (QED) is 0.849. The van der Waals surface area contributed by atoms with E-state index in [0.717, 1.165) is 17.7 Å². The van der Waals surface area contributed by atoms with Gasteiger partial charge >= 0.3 is 5.97 Å². The maximum absolute atomic E-state index is 11.1. The lowest BCUT2D eigenvalue weighted by molar-refractivity contribution is 0.0688. The lowest BCUT2D eigenvalue weighted by atomic mass is 9.99. The van der Waals surface area contributed by atoms with Gasteiger partial charge in [0.2, 0.25) is 0 Å². The third-order valence-electron chi connectivity index (χ3n) is 2.42. The number of nitrogens with zero attached hydrogens (tertiary/aromatic N) is 1. The van der Waals surface area contributed by atoms with E-state index >= 15 is 0 Å². The largest absolute Gasteiger partial charge is 0.477 e. The standard InChI is InChI=1S/C13H19NO2/c1-8(2)7-10-5-6-11(9(3)4)14-12(10)13(15)16/h5-6,8-9H,7H2,1-4H3,(H,15,16). The zero-order chi connectivity index (χ0) is 12.3. The molecule has 1 rings (SSSR count). The average molecular weight is 221 g/mol. The Morgan fingerprint density at radius 3 is 2.38 bits per heavy atom. The van der Waals surface area contributed by atoms with Crippen LogP contribution in [0.2, 0.25) is 0 Å². The van der Waals surface area contributed by atoms with Crippen LogP contribution in [0, 0.1) is 5.92 Å². The lowest BCUT2D eigenvalue weighted by Gasteiger charge is -2.11. The smallest absolute Gasteiger partial charge is 0.354 e. The summed E-state index contributed by atoms with van der Waals surface area (Å²) in [5.41, 5.74) is 1.87. The predicted molar refractivity (Wildman–Crippen MR) is 63.8 cm³/mol. The molecule has 0 radical (unpaired) electrons. The summed E-state index contributed by atoms with van der Waals surface area (Å²) >= 11 is 0. The second kappa shape index (κ2) is 5.10. The van der Waals surface area contributed by atoms with E-state index in [9.17, 15) is 4.79 Å². The van der Waals surface area contributed by atoms with Crippen molar-refractivity contribution in [2.75, 3.05) is 0 Å². The Morgan fingerprint density at radius 2 is 1.94 bits per heavy atom. The summed E-state index contributed by atoms with van der Waals surface area (Å²) in [6, 6.07) is 3.82. The molecular weight excluding hydrogens is 202 g/mol. The summed E-state index contributed by atoms with van der Waals surface area (Å²) in [5.74, 6) is -0.242. The second-order valence-corrected chi connectivity index (χ2v) is 4.80. The topological polar surface area (TPSA) is 50.2 Å². The van der Waals surface area contributed by atoms with Crippen LogP contribution in [-0.4, -0.2) is 16.1 Å². The van der Waals surface area contributed by atoms with Crippen molar-refractivity contribution >= 4 is 5.97 Å². The fourth-order valence-corrected chi connectivity index (χ4v) is 1.61. The number of hydrogen-bond donors (Lipinski definition) is 1. The highest BCUT2D eigenvalue weighted by molar-refractivity contribution is 5.87. The third kappa shape index (κ3) is 3.05. The number of carbonyl (C=O) groups is 1. The first kappa shape index (κ1) is 12.7. The van der Waals surface area contributed by atoms with Crippen molar-refractivity contribution in [3.8, 4) is 0 Å². The van der Waals surface area contributed by atoms with Crippen LogP contribution in [0.25, 0.3) is 0 Å². The van der Waals surface area contributed by atoms with Crippen molar-refractivity contribution in [1.82, 2.24) is 4.98 Å². The number of pyridine rings is 1. The maximum Gasteiger partial charge on any atom is 0.354 e. The molecule has 1 N–H and O–H groups in total. The van der Waals surface area contributed by atoms with Crippen LogP contribution in [0.1, 0.15) is 55.4 Å². The van der Waals surface area contributed by atoms with E-state index in [1.807, 2.05) is 26.0 Å². The van der Waals surface area contributed by atoms with E-state index in [2.05, 4.69) is 18.8 Å². The number of hydrogen-bond acceptors (Lipinski definition) is 2. The molecule has 0 amide bonds. The van der Waals surface area contributed by atoms with Crippen LogP contribution in [0.15, 0.2) is 12.1 Å². The van der Waals surface area contributed by atoms with Crippen molar-refractivity contribution in [3.63, 3.8) is 0 Å². The predicted octanol–water partition coefficient (Wildman–Crippen LogP) is 3.10. The van der Waals surface area contributed by atoms with Crippen LogP contribution < -0.4 is 0 Å². The second-order valence-electron chi connectivity index (χ2n) is 4.80. The molecule has 1 heterocycles. The van der Waals surface area contributed by atoms with Crippen molar-refractivity contribution in [2.45, 2.75) is 40.0 Å². The number of aromatic carboxylic acids is 1. The highest BCUT2D eigenvalue weighted by Crippen LogP contribution is 2.17. The minimum Gasteiger partial charge on any atom is -0.477 e. The molecule has 1 aromatic rings. The molecule has 0 atom stereocenters. The van der Waals surface area contributed by atoms with E-state index < -0.39 is 5.97 Å². The third-order valence-corrected chi connectivity index (χ3v) is 2.42. The summed E-state index contributed by atoms with van der Waals surface area (Å²) in [5, 5.41) is 9.12. The van der Waals surface area contributed by atoms with Crippen molar-refractivity contribution < 1.29 is 9.90 Å². The van der Waals surface area contributed by atoms with Crippen LogP contribution in [0.5, 0.6) is 0 Å². The van der Waals surface area contributed by atoms with E-state index in [1.165, 1.54) is 0 Å². The molecule has 0 fully saturated rings. The van der Waals surface area contributed by atoms with Gasteiger partial charge in [-0.15, -0.1) is 0 Å². The van der Waals surface area contributed by atoms with Gasteiger partial charge in [-0.05, 0) is 29.9 Å². The molecule has 0 aliphatic rings. The Labute approximate surface area is 96.5 Å². The lowest BCUT2D eigenvalue weighted by Crippen LogP contribution is -2.10.